The molecule has 1 aromatic carbocycles. The molecule has 17 heavy (non-hydrogen) atoms. The summed E-state index contributed by atoms with van der Waals surface area (Å²) < 4.78 is 26.7. The number of thiocarbonyl (C=S) groups is 1. The van der Waals surface area contributed by atoms with Crippen LogP contribution in [0.1, 0.15) is 6.92 Å². The summed E-state index contributed by atoms with van der Waals surface area (Å²) in [6.45, 7) is 1.57. The minimum absolute atomic E-state index is 0.0848. The number of hydrogen-bond donors (Lipinski definition) is 2. The van der Waals surface area contributed by atoms with Crippen molar-refractivity contribution >= 4 is 54.8 Å². The molecule has 1 atom stereocenters. The summed E-state index contributed by atoms with van der Waals surface area (Å²) in [5.41, 5.74) is 5.35. The van der Waals surface area contributed by atoms with E-state index in [1.54, 1.807) is 6.92 Å². The Morgan fingerprint density at radius 2 is 2.18 bits per heavy atom. The topological polar surface area (TPSA) is 72.2 Å². The first-order valence-electron chi connectivity index (χ1n) is 4.51. The predicted molar refractivity (Wildman–Crippen MR) is 75.7 cm³/mol. The van der Waals surface area contributed by atoms with Crippen LogP contribution in [0.4, 0.5) is 0 Å². The largest absolute Gasteiger partial charge is 0.392 e. The number of benzene rings is 1. The van der Waals surface area contributed by atoms with Crippen LogP contribution in [0.2, 0.25) is 5.02 Å². The Bertz CT molecular complexity index is 548. The quantitative estimate of drug-likeness (QED) is 0.809. The van der Waals surface area contributed by atoms with E-state index >= 15 is 0 Å². The van der Waals surface area contributed by atoms with E-state index in [1.807, 2.05) is 0 Å². The Hall–Kier alpha value is -0.210. The SMILES string of the molecule is CC(NS(=O)(=O)c1ccc(Cl)c(Br)c1)C(N)=S. The first-order valence-corrected chi connectivity index (χ1v) is 7.57. The molecule has 0 aliphatic carbocycles. The third-order valence-corrected chi connectivity index (χ3v) is 5.07. The summed E-state index contributed by atoms with van der Waals surface area (Å²) in [6, 6.07) is 3.70. The van der Waals surface area contributed by atoms with Gasteiger partial charge in [0.25, 0.3) is 0 Å². The van der Waals surface area contributed by atoms with Crippen molar-refractivity contribution in [2.24, 2.45) is 5.73 Å². The zero-order valence-corrected chi connectivity index (χ0v) is 12.8. The third-order valence-electron chi connectivity index (χ3n) is 1.96. The minimum atomic E-state index is -3.65. The van der Waals surface area contributed by atoms with E-state index in [0.717, 1.165) is 0 Å². The van der Waals surface area contributed by atoms with E-state index in [2.05, 4.69) is 20.7 Å². The van der Waals surface area contributed by atoms with Gasteiger partial charge in [0.2, 0.25) is 10.0 Å². The lowest BCUT2D eigenvalue weighted by Gasteiger charge is -2.13. The summed E-state index contributed by atoms with van der Waals surface area (Å²) in [7, 11) is -3.65. The fourth-order valence-electron chi connectivity index (χ4n) is 1.00. The van der Waals surface area contributed by atoms with Crippen LogP contribution < -0.4 is 10.5 Å². The lowest BCUT2D eigenvalue weighted by atomic mass is 10.4. The molecule has 0 amide bonds. The smallest absolute Gasteiger partial charge is 0.241 e. The molecule has 4 nitrogen and oxygen atoms in total. The molecule has 0 aliphatic rings. The molecule has 1 unspecified atom stereocenters. The number of halogens is 2. The van der Waals surface area contributed by atoms with Gasteiger partial charge in [0.1, 0.15) is 0 Å². The van der Waals surface area contributed by atoms with Gasteiger partial charge in [-0.05, 0) is 41.1 Å². The molecule has 0 aromatic heterocycles. The predicted octanol–water partition coefficient (Wildman–Crippen LogP) is 2.06. The van der Waals surface area contributed by atoms with E-state index in [0.29, 0.717) is 9.50 Å². The van der Waals surface area contributed by atoms with Gasteiger partial charge < -0.3 is 5.73 Å². The van der Waals surface area contributed by atoms with Crippen LogP contribution in [0.25, 0.3) is 0 Å². The second-order valence-electron chi connectivity index (χ2n) is 3.32. The van der Waals surface area contributed by atoms with Gasteiger partial charge in [-0.3, -0.25) is 0 Å². The number of nitrogens with two attached hydrogens (primary N) is 1. The molecule has 1 rings (SSSR count). The molecule has 0 aliphatic heterocycles. The number of rotatable bonds is 4. The van der Waals surface area contributed by atoms with Crippen molar-refractivity contribution in [3.63, 3.8) is 0 Å². The molecule has 0 radical (unpaired) electrons. The summed E-state index contributed by atoms with van der Waals surface area (Å²) in [5.74, 6) is 0. The van der Waals surface area contributed by atoms with Gasteiger partial charge >= 0.3 is 0 Å². The van der Waals surface area contributed by atoms with Gasteiger partial charge in [-0.1, -0.05) is 23.8 Å². The van der Waals surface area contributed by atoms with Crippen LogP contribution in [-0.4, -0.2) is 19.4 Å². The fraction of sp³-hybridized carbons (Fsp3) is 0.222. The summed E-state index contributed by atoms with van der Waals surface area (Å²) in [6.07, 6.45) is 0. The van der Waals surface area contributed by atoms with Crippen molar-refractivity contribution in [2.75, 3.05) is 0 Å². The average Bonchev–Trinajstić information content (AvgIpc) is 2.21. The molecule has 0 bridgehead atoms. The monoisotopic (exact) mass is 356 g/mol. The second kappa shape index (κ2) is 5.62. The molecule has 0 saturated carbocycles. The number of sulfonamides is 1. The van der Waals surface area contributed by atoms with E-state index in [4.69, 9.17) is 29.6 Å². The van der Waals surface area contributed by atoms with Crippen molar-refractivity contribution in [2.45, 2.75) is 17.9 Å². The van der Waals surface area contributed by atoms with Crippen molar-refractivity contribution in [3.05, 3.63) is 27.7 Å². The highest BCUT2D eigenvalue weighted by atomic mass is 79.9. The van der Waals surface area contributed by atoms with E-state index in [9.17, 15) is 8.42 Å². The zero-order chi connectivity index (χ0) is 13.2. The Kier molecular flexibility index (Phi) is 4.91. The fourth-order valence-corrected chi connectivity index (χ4v) is 3.03. The highest BCUT2D eigenvalue weighted by Crippen LogP contribution is 2.25. The third kappa shape index (κ3) is 3.89. The van der Waals surface area contributed by atoms with Crippen molar-refractivity contribution < 1.29 is 8.42 Å². The zero-order valence-electron chi connectivity index (χ0n) is 8.78. The molecule has 1 aromatic rings. The molecule has 8 heteroatoms. The highest BCUT2D eigenvalue weighted by Gasteiger charge is 2.19. The molecule has 0 saturated heterocycles. The Balaban J connectivity index is 3.05. The number of hydrogen-bond acceptors (Lipinski definition) is 3. The Morgan fingerprint density at radius 1 is 1.59 bits per heavy atom. The minimum Gasteiger partial charge on any atom is -0.392 e. The lowest BCUT2D eigenvalue weighted by molar-refractivity contribution is 0.579. The van der Waals surface area contributed by atoms with Gasteiger partial charge in [-0.15, -0.1) is 0 Å². The van der Waals surface area contributed by atoms with Crippen LogP contribution in [0.15, 0.2) is 27.6 Å². The Morgan fingerprint density at radius 3 is 2.65 bits per heavy atom. The van der Waals surface area contributed by atoms with Crippen molar-refractivity contribution in [1.29, 1.82) is 0 Å². The molecular formula is C9H10BrClN2O2S2. The van der Waals surface area contributed by atoms with Crippen LogP contribution >= 0.6 is 39.7 Å². The first kappa shape index (κ1) is 14.8. The first-order chi connectivity index (χ1) is 7.74. The van der Waals surface area contributed by atoms with Crippen LogP contribution in [0.3, 0.4) is 0 Å². The highest BCUT2D eigenvalue weighted by molar-refractivity contribution is 9.10. The number of nitrogens with one attached hydrogen (secondary N) is 1. The summed E-state index contributed by atoms with van der Waals surface area (Å²) in [4.78, 5) is 0.179. The summed E-state index contributed by atoms with van der Waals surface area (Å²) >= 11 is 13.6. The molecule has 0 spiro atoms. The van der Waals surface area contributed by atoms with E-state index in [1.165, 1.54) is 18.2 Å². The molecular weight excluding hydrogens is 348 g/mol. The van der Waals surface area contributed by atoms with Crippen LogP contribution in [0, 0.1) is 0 Å². The van der Waals surface area contributed by atoms with Gasteiger partial charge in [0.05, 0.1) is 20.9 Å². The van der Waals surface area contributed by atoms with Crippen LogP contribution in [0.5, 0.6) is 0 Å². The van der Waals surface area contributed by atoms with E-state index < -0.39 is 16.1 Å². The summed E-state index contributed by atoms with van der Waals surface area (Å²) in [5, 5.41) is 0.436. The second-order valence-corrected chi connectivity index (χ2v) is 6.77. The molecule has 3 N–H and O–H groups in total. The maximum atomic E-state index is 11.9. The lowest BCUT2D eigenvalue weighted by Crippen LogP contribution is -2.41. The molecule has 0 heterocycles. The average molecular weight is 358 g/mol. The Labute approximate surface area is 119 Å². The van der Waals surface area contributed by atoms with Gasteiger partial charge in [0, 0.05) is 4.47 Å². The molecule has 94 valence electrons. The maximum Gasteiger partial charge on any atom is 0.241 e. The van der Waals surface area contributed by atoms with Crippen molar-refractivity contribution in [3.8, 4) is 0 Å². The standard InChI is InChI=1S/C9H10BrClN2O2S2/c1-5(9(12)16)13-17(14,15)6-2-3-8(11)7(10)4-6/h2-5,13H,1H3,(H2,12,16). The molecule has 0 fully saturated rings. The van der Waals surface area contributed by atoms with Gasteiger partial charge in [-0.25, -0.2) is 13.1 Å². The van der Waals surface area contributed by atoms with Gasteiger partial charge in [-0.2, -0.15) is 0 Å². The van der Waals surface area contributed by atoms with E-state index in [-0.39, 0.29) is 9.88 Å². The van der Waals surface area contributed by atoms with Gasteiger partial charge in [0.15, 0.2) is 0 Å². The van der Waals surface area contributed by atoms with Crippen LogP contribution in [-0.2, 0) is 10.0 Å². The van der Waals surface area contributed by atoms with Crippen molar-refractivity contribution in [1.82, 2.24) is 4.72 Å². The maximum absolute atomic E-state index is 11.9. The normalized spacial score (nSPS) is 13.4.